The van der Waals surface area contributed by atoms with Crippen LogP contribution in [0.2, 0.25) is 0 Å². The Morgan fingerprint density at radius 2 is 1.70 bits per heavy atom. The minimum atomic E-state index is -0.113. The summed E-state index contributed by atoms with van der Waals surface area (Å²) in [6.45, 7) is 0. The summed E-state index contributed by atoms with van der Waals surface area (Å²) in [6.07, 6.45) is 0.581. The zero-order valence-corrected chi connectivity index (χ0v) is 15.3. The van der Waals surface area contributed by atoms with Crippen molar-refractivity contribution in [3.8, 4) is 0 Å². The van der Waals surface area contributed by atoms with E-state index in [4.69, 9.17) is 4.42 Å². The Hall–Kier alpha value is -3.12. The second kappa shape index (κ2) is 8.05. The number of thioether (sulfide) groups is 1. The summed E-state index contributed by atoms with van der Waals surface area (Å²) < 4.78 is 5.61. The third-order valence-corrected chi connectivity index (χ3v) is 4.82. The first-order valence-electron chi connectivity index (χ1n) is 8.54. The fraction of sp³-hybridized carbons (Fsp3) is 0.0952. The molecule has 4 rings (SSSR count). The van der Waals surface area contributed by atoms with Gasteiger partial charge in [0.05, 0.1) is 12.2 Å². The molecule has 3 aromatic carbocycles. The van der Waals surface area contributed by atoms with Crippen LogP contribution in [0.15, 0.2) is 82.4 Å². The van der Waals surface area contributed by atoms with Gasteiger partial charge in [0.1, 0.15) is 0 Å². The van der Waals surface area contributed by atoms with Crippen LogP contribution in [0.25, 0.3) is 10.8 Å². The predicted molar refractivity (Wildman–Crippen MR) is 107 cm³/mol. The molecule has 5 nitrogen and oxygen atoms in total. The first-order chi connectivity index (χ1) is 13.3. The van der Waals surface area contributed by atoms with Gasteiger partial charge in [-0.3, -0.25) is 4.79 Å². The molecule has 0 aliphatic rings. The van der Waals surface area contributed by atoms with Gasteiger partial charge in [0, 0.05) is 5.69 Å². The number of anilines is 1. The van der Waals surface area contributed by atoms with Gasteiger partial charge in [-0.15, -0.1) is 10.2 Å². The number of rotatable bonds is 6. The minimum Gasteiger partial charge on any atom is -0.416 e. The molecule has 4 aromatic rings. The van der Waals surface area contributed by atoms with Crippen molar-refractivity contribution in [2.24, 2.45) is 0 Å². The molecule has 1 amide bonds. The van der Waals surface area contributed by atoms with Crippen molar-refractivity contribution in [3.63, 3.8) is 0 Å². The molecule has 0 fully saturated rings. The monoisotopic (exact) mass is 375 g/mol. The Bertz CT molecular complexity index is 1060. The number of carbonyl (C=O) groups is 1. The number of aromatic nitrogens is 2. The number of hydrogen-bond acceptors (Lipinski definition) is 5. The van der Waals surface area contributed by atoms with Crippen molar-refractivity contribution in [3.05, 3.63) is 84.3 Å². The fourth-order valence-electron chi connectivity index (χ4n) is 2.73. The molecule has 6 heteroatoms. The number of carbonyl (C=O) groups excluding carboxylic acids is 1. The van der Waals surface area contributed by atoms with E-state index in [1.807, 2.05) is 72.8 Å². The normalized spacial score (nSPS) is 10.8. The summed E-state index contributed by atoms with van der Waals surface area (Å²) in [7, 11) is 0. The summed E-state index contributed by atoms with van der Waals surface area (Å²) in [5.41, 5.74) is 1.88. The topological polar surface area (TPSA) is 68.0 Å². The lowest BCUT2D eigenvalue weighted by atomic mass is 10.1. The predicted octanol–water partition coefficient (Wildman–Crippen LogP) is 4.54. The Balaban J connectivity index is 1.32. The smallest absolute Gasteiger partial charge is 0.277 e. The molecule has 0 aliphatic carbocycles. The standard InChI is InChI=1S/C21H17N3O2S/c25-19(22-18-11-10-16-8-4-5-9-17(16)13-18)14-27-21-24-23-20(26-21)12-15-6-2-1-3-7-15/h1-11,13H,12,14H2,(H,22,25). The maximum absolute atomic E-state index is 12.2. The van der Waals surface area contributed by atoms with Gasteiger partial charge >= 0.3 is 0 Å². The van der Waals surface area contributed by atoms with Crippen molar-refractivity contribution in [1.82, 2.24) is 10.2 Å². The fourth-order valence-corrected chi connectivity index (χ4v) is 3.31. The first kappa shape index (κ1) is 17.3. The van der Waals surface area contributed by atoms with E-state index in [-0.39, 0.29) is 11.7 Å². The van der Waals surface area contributed by atoms with Gasteiger partial charge in [-0.05, 0) is 28.5 Å². The van der Waals surface area contributed by atoms with Crippen molar-refractivity contribution in [2.75, 3.05) is 11.1 Å². The maximum Gasteiger partial charge on any atom is 0.277 e. The molecular weight excluding hydrogens is 358 g/mol. The highest BCUT2D eigenvalue weighted by Crippen LogP contribution is 2.21. The summed E-state index contributed by atoms with van der Waals surface area (Å²) in [6, 6.07) is 23.8. The lowest BCUT2D eigenvalue weighted by Crippen LogP contribution is -2.13. The number of benzene rings is 3. The summed E-state index contributed by atoms with van der Waals surface area (Å²) >= 11 is 1.23. The molecule has 0 saturated carbocycles. The highest BCUT2D eigenvalue weighted by atomic mass is 32.2. The Kier molecular flexibility index (Phi) is 5.16. The zero-order chi connectivity index (χ0) is 18.5. The van der Waals surface area contributed by atoms with E-state index in [0.29, 0.717) is 17.5 Å². The van der Waals surface area contributed by atoms with E-state index in [9.17, 15) is 4.79 Å². The zero-order valence-electron chi connectivity index (χ0n) is 14.5. The minimum absolute atomic E-state index is 0.113. The molecule has 0 aliphatic heterocycles. The molecule has 0 radical (unpaired) electrons. The van der Waals surface area contributed by atoms with Crippen LogP contribution in [0.5, 0.6) is 0 Å². The van der Waals surface area contributed by atoms with Gasteiger partial charge in [-0.25, -0.2) is 0 Å². The molecule has 0 bridgehead atoms. The highest BCUT2D eigenvalue weighted by molar-refractivity contribution is 7.99. The number of hydrogen-bond donors (Lipinski definition) is 1. The molecule has 0 saturated heterocycles. The first-order valence-corrected chi connectivity index (χ1v) is 9.52. The van der Waals surface area contributed by atoms with E-state index >= 15 is 0 Å². The average Bonchev–Trinajstić information content (AvgIpc) is 3.14. The van der Waals surface area contributed by atoms with E-state index in [2.05, 4.69) is 15.5 Å². The van der Waals surface area contributed by atoms with Crippen LogP contribution in [0, 0.1) is 0 Å². The third kappa shape index (κ3) is 4.54. The molecule has 134 valence electrons. The second-order valence-electron chi connectivity index (χ2n) is 6.02. The summed E-state index contributed by atoms with van der Waals surface area (Å²) in [5, 5.41) is 13.6. The van der Waals surface area contributed by atoms with Crippen LogP contribution in [0.3, 0.4) is 0 Å². The molecular formula is C21H17N3O2S. The van der Waals surface area contributed by atoms with Crippen LogP contribution in [-0.2, 0) is 11.2 Å². The molecule has 1 aromatic heterocycles. The maximum atomic E-state index is 12.2. The quantitative estimate of drug-likeness (QED) is 0.501. The van der Waals surface area contributed by atoms with Crippen LogP contribution >= 0.6 is 11.8 Å². The number of nitrogens with zero attached hydrogens (tertiary/aromatic N) is 2. The van der Waals surface area contributed by atoms with Gasteiger partial charge in [0.25, 0.3) is 5.22 Å². The SMILES string of the molecule is O=C(CSc1nnc(Cc2ccccc2)o1)Nc1ccc2ccccc2c1. The van der Waals surface area contributed by atoms with Gasteiger partial charge in [0.15, 0.2) is 0 Å². The number of nitrogens with one attached hydrogen (secondary N) is 1. The van der Waals surface area contributed by atoms with E-state index in [0.717, 1.165) is 22.0 Å². The Labute approximate surface area is 160 Å². The van der Waals surface area contributed by atoms with Crippen LogP contribution < -0.4 is 5.32 Å². The van der Waals surface area contributed by atoms with Crippen LogP contribution in [0.4, 0.5) is 5.69 Å². The molecule has 1 N–H and O–H groups in total. The van der Waals surface area contributed by atoms with Crippen molar-refractivity contribution in [2.45, 2.75) is 11.6 Å². The van der Waals surface area contributed by atoms with Crippen LogP contribution in [0.1, 0.15) is 11.5 Å². The van der Waals surface area contributed by atoms with Crippen molar-refractivity contribution in [1.29, 1.82) is 0 Å². The van der Waals surface area contributed by atoms with Gasteiger partial charge in [-0.2, -0.15) is 0 Å². The number of fused-ring (bicyclic) bond motifs is 1. The Morgan fingerprint density at radius 1 is 0.926 bits per heavy atom. The summed E-state index contributed by atoms with van der Waals surface area (Å²) in [5.74, 6) is 0.636. The van der Waals surface area contributed by atoms with Gasteiger partial charge < -0.3 is 9.73 Å². The third-order valence-electron chi connectivity index (χ3n) is 4.01. The summed E-state index contributed by atoms with van der Waals surface area (Å²) in [4.78, 5) is 12.2. The van der Waals surface area contributed by atoms with Crippen molar-refractivity contribution >= 4 is 34.1 Å². The van der Waals surface area contributed by atoms with E-state index in [1.165, 1.54) is 11.8 Å². The van der Waals surface area contributed by atoms with Crippen molar-refractivity contribution < 1.29 is 9.21 Å². The highest BCUT2D eigenvalue weighted by Gasteiger charge is 2.10. The molecule has 0 atom stereocenters. The average molecular weight is 375 g/mol. The number of amides is 1. The molecule has 0 unspecified atom stereocenters. The van der Waals surface area contributed by atoms with E-state index in [1.54, 1.807) is 0 Å². The molecule has 0 spiro atoms. The Morgan fingerprint density at radius 3 is 2.56 bits per heavy atom. The van der Waals surface area contributed by atoms with E-state index < -0.39 is 0 Å². The van der Waals surface area contributed by atoms with Crippen LogP contribution in [-0.4, -0.2) is 21.9 Å². The van der Waals surface area contributed by atoms with Gasteiger partial charge in [-0.1, -0.05) is 72.4 Å². The lowest BCUT2D eigenvalue weighted by molar-refractivity contribution is -0.113. The largest absolute Gasteiger partial charge is 0.416 e. The molecule has 27 heavy (non-hydrogen) atoms. The molecule has 1 heterocycles. The van der Waals surface area contributed by atoms with Gasteiger partial charge in [0.2, 0.25) is 11.8 Å². The second-order valence-corrected chi connectivity index (χ2v) is 6.95. The lowest BCUT2D eigenvalue weighted by Gasteiger charge is -2.05.